The van der Waals surface area contributed by atoms with Crippen molar-refractivity contribution in [2.75, 3.05) is 25.4 Å². The Hall–Kier alpha value is 0.0700. The van der Waals surface area contributed by atoms with Crippen molar-refractivity contribution in [3.05, 3.63) is 33.8 Å². The van der Waals surface area contributed by atoms with Crippen LogP contribution in [0, 0.1) is 0 Å². The Morgan fingerprint density at radius 1 is 1.35 bits per heavy atom. The maximum atomic E-state index is 6.01. The monoisotopic (exact) mass is 290 g/mol. The van der Waals surface area contributed by atoms with Crippen molar-refractivity contribution in [3.63, 3.8) is 0 Å². The number of thioether (sulfide) groups is 1. The molecule has 1 aromatic carbocycles. The van der Waals surface area contributed by atoms with Crippen LogP contribution in [0.3, 0.4) is 0 Å². The van der Waals surface area contributed by atoms with E-state index >= 15 is 0 Å². The van der Waals surface area contributed by atoms with Gasteiger partial charge in [-0.3, -0.25) is 4.90 Å². The summed E-state index contributed by atoms with van der Waals surface area (Å²) in [6.07, 6.45) is 0. The Labute approximate surface area is 116 Å². The predicted octanol–water partition coefficient (Wildman–Crippen LogP) is 2.87. The van der Waals surface area contributed by atoms with E-state index in [-0.39, 0.29) is 0 Å². The van der Waals surface area contributed by atoms with Gasteiger partial charge in [0.2, 0.25) is 0 Å². The predicted molar refractivity (Wildman–Crippen MR) is 77.0 cm³/mol. The Morgan fingerprint density at radius 2 is 2.18 bits per heavy atom. The van der Waals surface area contributed by atoms with Crippen LogP contribution in [0.4, 0.5) is 0 Å². The SMILES string of the molecule is NCC1CN(Cc2ccc(Cl)c(Cl)c2)CCS1. The lowest BCUT2D eigenvalue weighted by Gasteiger charge is -2.31. The van der Waals surface area contributed by atoms with Crippen molar-refractivity contribution < 1.29 is 0 Å². The van der Waals surface area contributed by atoms with Crippen LogP contribution in [-0.2, 0) is 6.54 Å². The van der Waals surface area contributed by atoms with Gasteiger partial charge in [0.15, 0.2) is 0 Å². The molecule has 1 heterocycles. The molecule has 1 unspecified atom stereocenters. The molecular formula is C12H16Cl2N2S. The molecule has 94 valence electrons. The molecule has 1 atom stereocenters. The van der Waals surface area contributed by atoms with Crippen LogP contribution in [0.5, 0.6) is 0 Å². The van der Waals surface area contributed by atoms with Crippen molar-refractivity contribution in [2.45, 2.75) is 11.8 Å². The summed E-state index contributed by atoms with van der Waals surface area (Å²) in [5, 5.41) is 1.81. The van der Waals surface area contributed by atoms with Gasteiger partial charge >= 0.3 is 0 Å². The number of nitrogens with two attached hydrogens (primary N) is 1. The number of hydrogen-bond donors (Lipinski definition) is 1. The Kier molecular flexibility index (Phi) is 5.00. The molecule has 0 amide bonds. The summed E-state index contributed by atoms with van der Waals surface area (Å²) in [7, 11) is 0. The van der Waals surface area contributed by atoms with E-state index in [2.05, 4.69) is 4.90 Å². The molecule has 0 bridgehead atoms. The van der Waals surface area contributed by atoms with Crippen molar-refractivity contribution in [1.82, 2.24) is 4.90 Å². The highest BCUT2D eigenvalue weighted by atomic mass is 35.5. The van der Waals surface area contributed by atoms with E-state index in [9.17, 15) is 0 Å². The molecule has 0 radical (unpaired) electrons. The first-order chi connectivity index (χ1) is 8.19. The van der Waals surface area contributed by atoms with Gasteiger partial charge in [-0.25, -0.2) is 0 Å². The topological polar surface area (TPSA) is 29.3 Å². The fourth-order valence-corrected chi connectivity index (χ4v) is 3.43. The number of rotatable bonds is 3. The quantitative estimate of drug-likeness (QED) is 0.928. The minimum atomic E-state index is 0.562. The minimum Gasteiger partial charge on any atom is -0.329 e. The van der Waals surface area contributed by atoms with E-state index in [4.69, 9.17) is 28.9 Å². The molecule has 2 N–H and O–H groups in total. The van der Waals surface area contributed by atoms with E-state index < -0.39 is 0 Å². The second kappa shape index (κ2) is 6.30. The molecule has 5 heteroatoms. The van der Waals surface area contributed by atoms with Gasteiger partial charge in [-0.2, -0.15) is 11.8 Å². The average Bonchev–Trinajstić information content (AvgIpc) is 2.34. The third-order valence-electron chi connectivity index (χ3n) is 2.88. The molecule has 1 aromatic rings. The van der Waals surface area contributed by atoms with Crippen molar-refractivity contribution in [3.8, 4) is 0 Å². The van der Waals surface area contributed by atoms with Crippen LogP contribution in [0.15, 0.2) is 18.2 Å². The smallest absolute Gasteiger partial charge is 0.0595 e. The van der Waals surface area contributed by atoms with Gasteiger partial charge in [0, 0.05) is 37.2 Å². The van der Waals surface area contributed by atoms with E-state index in [0.29, 0.717) is 15.3 Å². The van der Waals surface area contributed by atoms with Crippen LogP contribution in [0.1, 0.15) is 5.56 Å². The maximum absolute atomic E-state index is 6.01. The van der Waals surface area contributed by atoms with Crippen LogP contribution in [0.2, 0.25) is 10.0 Å². The number of hydrogen-bond acceptors (Lipinski definition) is 3. The molecule has 0 spiro atoms. The third kappa shape index (κ3) is 3.76. The molecule has 17 heavy (non-hydrogen) atoms. The number of nitrogens with zero attached hydrogens (tertiary/aromatic N) is 1. The molecule has 2 nitrogen and oxygen atoms in total. The van der Waals surface area contributed by atoms with Crippen molar-refractivity contribution in [2.24, 2.45) is 5.73 Å². The van der Waals surface area contributed by atoms with E-state index in [0.717, 1.165) is 31.9 Å². The van der Waals surface area contributed by atoms with Gasteiger partial charge in [0.05, 0.1) is 10.0 Å². The number of halogens is 2. The molecule has 0 saturated carbocycles. The summed E-state index contributed by atoms with van der Waals surface area (Å²) in [4.78, 5) is 2.42. The van der Waals surface area contributed by atoms with E-state index in [1.54, 1.807) is 0 Å². The molecular weight excluding hydrogens is 275 g/mol. The minimum absolute atomic E-state index is 0.562. The first-order valence-electron chi connectivity index (χ1n) is 5.67. The highest BCUT2D eigenvalue weighted by Gasteiger charge is 2.19. The van der Waals surface area contributed by atoms with Crippen LogP contribution in [-0.4, -0.2) is 35.5 Å². The van der Waals surface area contributed by atoms with E-state index in [1.165, 1.54) is 5.56 Å². The van der Waals surface area contributed by atoms with Gasteiger partial charge in [0.25, 0.3) is 0 Å². The fourth-order valence-electron chi connectivity index (χ4n) is 1.96. The summed E-state index contributed by atoms with van der Waals surface area (Å²) >= 11 is 13.9. The fraction of sp³-hybridized carbons (Fsp3) is 0.500. The largest absolute Gasteiger partial charge is 0.329 e. The summed E-state index contributed by atoms with van der Waals surface area (Å²) in [6.45, 7) is 3.85. The van der Waals surface area contributed by atoms with Gasteiger partial charge in [0.1, 0.15) is 0 Å². The molecule has 1 saturated heterocycles. The zero-order chi connectivity index (χ0) is 12.3. The van der Waals surface area contributed by atoms with Crippen LogP contribution in [0.25, 0.3) is 0 Å². The zero-order valence-corrected chi connectivity index (χ0v) is 11.9. The van der Waals surface area contributed by atoms with Gasteiger partial charge in [-0.05, 0) is 17.7 Å². The van der Waals surface area contributed by atoms with Crippen molar-refractivity contribution in [1.29, 1.82) is 0 Å². The van der Waals surface area contributed by atoms with E-state index in [1.807, 2.05) is 30.0 Å². The summed E-state index contributed by atoms with van der Waals surface area (Å²) < 4.78 is 0. The summed E-state index contributed by atoms with van der Waals surface area (Å²) in [5.41, 5.74) is 6.93. The highest BCUT2D eigenvalue weighted by Crippen LogP contribution is 2.24. The Morgan fingerprint density at radius 3 is 2.88 bits per heavy atom. The van der Waals surface area contributed by atoms with Gasteiger partial charge in [-0.1, -0.05) is 29.3 Å². The standard InChI is InChI=1S/C12H16Cl2N2S/c13-11-2-1-9(5-12(11)14)7-16-3-4-17-10(6-15)8-16/h1-2,5,10H,3-4,6-8,15H2. The zero-order valence-electron chi connectivity index (χ0n) is 9.53. The summed E-state index contributed by atoms with van der Waals surface area (Å²) in [5.74, 6) is 1.16. The molecule has 2 rings (SSSR count). The van der Waals surface area contributed by atoms with Crippen LogP contribution >= 0.6 is 35.0 Å². The Balaban J connectivity index is 1.97. The normalized spacial score (nSPS) is 21.7. The first kappa shape index (κ1) is 13.5. The lowest BCUT2D eigenvalue weighted by atomic mass is 10.2. The lowest BCUT2D eigenvalue weighted by molar-refractivity contribution is 0.276. The Bertz CT molecular complexity index is 387. The lowest BCUT2D eigenvalue weighted by Crippen LogP contribution is -2.40. The second-order valence-electron chi connectivity index (χ2n) is 4.21. The highest BCUT2D eigenvalue weighted by molar-refractivity contribution is 8.00. The first-order valence-corrected chi connectivity index (χ1v) is 7.47. The second-order valence-corrected chi connectivity index (χ2v) is 6.43. The van der Waals surface area contributed by atoms with Gasteiger partial charge in [-0.15, -0.1) is 0 Å². The van der Waals surface area contributed by atoms with Gasteiger partial charge < -0.3 is 5.73 Å². The number of benzene rings is 1. The molecule has 0 aromatic heterocycles. The molecule has 1 fully saturated rings. The van der Waals surface area contributed by atoms with Crippen LogP contribution < -0.4 is 5.73 Å². The summed E-state index contributed by atoms with van der Waals surface area (Å²) in [6, 6.07) is 5.84. The third-order valence-corrected chi connectivity index (χ3v) is 4.85. The maximum Gasteiger partial charge on any atom is 0.0595 e. The van der Waals surface area contributed by atoms with Crippen molar-refractivity contribution >= 4 is 35.0 Å². The molecule has 1 aliphatic heterocycles. The molecule has 1 aliphatic rings. The average molecular weight is 291 g/mol. The molecule has 0 aliphatic carbocycles.